The maximum atomic E-state index is 5.85. The van der Waals surface area contributed by atoms with Crippen molar-refractivity contribution in [2.45, 2.75) is 45.6 Å². The first kappa shape index (κ1) is 10.7. The minimum Gasteiger partial charge on any atom is -0.328 e. The van der Waals surface area contributed by atoms with Gasteiger partial charge in [-0.2, -0.15) is 0 Å². The first-order valence-electron chi connectivity index (χ1n) is 5.03. The summed E-state index contributed by atoms with van der Waals surface area (Å²) < 4.78 is 0. The highest BCUT2D eigenvalue weighted by Crippen LogP contribution is 2.17. The second-order valence-corrected chi connectivity index (χ2v) is 4.95. The average molecular weight is 197 g/mol. The smallest absolute Gasteiger partial charge is 0.00480 e. The first-order valence-corrected chi connectivity index (χ1v) is 5.85. The van der Waals surface area contributed by atoms with Crippen molar-refractivity contribution >= 4 is 11.3 Å². The predicted octanol–water partition coefficient (Wildman–Crippen LogP) is 3.12. The molecule has 13 heavy (non-hydrogen) atoms. The minimum atomic E-state index is 0.404. The van der Waals surface area contributed by atoms with Crippen molar-refractivity contribution in [3.63, 3.8) is 0 Å². The SMILES string of the molecule is CCC(N)CCCc1ccc(C)s1. The highest BCUT2D eigenvalue weighted by Gasteiger charge is 2.00. The van der Waals surface area contributed by atoms with Crippen molar-refractivity contribution in [2.24, 2.45) is 5.73 Å². The number of hydrogen-bond donors (Lipinski definition) is 1. The second kappa shape index (κ2) is 5.40. The molecule has 2 heteroatoms. The summed E-state index contributed by atoms with van der Waals surface area (Å²) in [5.74, 6) is 0. The molecule has 2 N–H and O–H groups in total. The zero-order valence-corrected chi connectivity index (χ0v) is 9.36. The molecule has 1 nitrogen and oxygen atoms in total. The number of thiophene rings is 1. The Morgan fingerprint density at radius 1 is 1.46 bits per heavy atom. The molecule has 0 bridgehead atoms. The van der Waals surface area contributed by atoms with Gasteiger partial charge in [-0.25, -0.2) is 0 Å². The second-order valence-electron chi connectivity index (χ2n) is 3.57. The first-order chi connectivity index (χ1) is 6.22. The molecule has 1 heterocycles. The van der Waals surface area contributed by atoms with Gasteiger partial charge in [0.15, 0.2) is 0 Å². The van der Waals surface area contributed by atoms with Crippen LogP contribution in [0.2, 0.25) is 0 Å². The molecule has 0 radical (unpaired) electrons. The molecule has 0 aliphatic heterocycles. The molecule has 0 aliphatic rings. The van der Waals surface area contributed by atoms with Crippen molar-refractivity contribution in [1.82, 2.24) is 0 Å². The Labute approximate surface area is 85.0 Å². The summed E-state index contributed by atoms with van der Waals surface area (Å²) in [5, 5.41) is 0. The predicted molar refractivity (Wildman–Crippen MR) is 60.3 cm³/mol. The molecule has 1 aromatic heterocycles. The van der Waals surface area contributed by atoms with E-state index in [4.69, 9.17) is 5.73 Å². The van der Waals surface area contributed by atoms with Crippen molar-refractivity contribution in [3.05, 3.63) is 21.9 Å². The molecular weight excluding hydrogens is 178 g/mol. The van der Waals surface area contributed by atoms with Crippen LogP contribution in [0.3, 0.4) is 0 Å². The van der Waals surface area contributed by atoms with E-state index in [1.165, 1.54) is 22.6 Å². The fourth-order valence-corrected chi connectivity index (χ4v) is 2.29. The Bertz CT molecular complexity index is 242. The number of aryl methyl sites for hydroxylation is 2. The molecule has 0 fully saturated rings. The van der Waals surface area contributed by atoms with E-state index in [2.05, 4.69) is 26.0 Å². The monoisotopic (exact) mass is 197 g/mol. The van der Waals surface area contributed by atoms with Gasteiger partial charge >= 0.3 is 0 Å². The van der Waals surface area contributed by atoms with Crippen molar-refractivity contribution in [1.29, 1.82) is 0 Å². The van der Waals surface area contributed by atoms with Crippen LogP contribution < -0.4 is 5.73 Å². The fraction of sp³-hybridized carbons (Fsp3) is 0.636. The van der Waals surface area contributed by atoms with Crippen LogP contribution in [0.1, 0.15) is 35.9 Å². The number of hydrogen-bond acceptors (Lipinski definition) is 2. The maximum Gasteiger partial charge on any atom is 0.00480 e. The molecule has 0 aromatic carbocycles. The molecule has 0 saturated carbocycles. The third kappa shape index (κ3) is 3.92. The minimum absolute atomic E-state index is 0.404. The molecule has 0 amide bonds. The van der Waals surface area contributed by atoms with Crippen LogP contribution in [0, 0.1) is 6.92 Å². The summed E-state index contributed by atoms with van der Waals surface area (Å²) >= 11 is 1.91. The summed E-state index contributed by atoms with van der Waals surface area (Å²) in [6.45, 7) is 4.31. The van der Waals surface area contributed by atoms with E-state index in [0.29, 0.717) is 6.04 Å². The lowest BCUT2D eigenvalue weighted by molar-refractivity contribution is 0.570. The van der Waals surface area contributed by atoms with Gasteiger partial charge in [0.05, 0.1) is 0 Å². The maximum absolute atomic E-state index is 5.85. The van der Waals surface area contributed by atoms with Crippen LogP contribution in [-0.2, 0) is 6.42 Å². The summed E-state index contributed by atoms with van der Waals surface area (Å²) in [5.41, 5.74) is 5.85. The Kier molecular flexibility index (Phi) is 4.46. The molecule has 0 saturated heterocycles. The Hall–Kier alpha value is -0.340. The van der Waals surface area contributed by atoms with Crippen molar-refractivity contribution in [2.75, 3.05) is 0 Å². The molecule has 1 rings (SSSR count). The van der Waals surface area contributed by atoms with Crippen LogP contribution >= 0.6 is 11.3 Å². The molecule has 1 aromatic rings. The van der Waals surface area contributed by atoms with Crippen LogP contribution in [0.5, 0.6) is 0 Å². The summed E-state index contributed by atoms with van der Waals surface area (Å²) in [6, 6.07) is 4.83. The van der Waals surface area contributed by atoms with E-state index in [1.807, 2.05) is 11.3 Å². The molecule has 0 aliphatic carbocycles. The topological polar surface area (TPSA) is 26.0 Å². The third-order valence-electron chi connectivity index (χ3n) is 2.32. The highest BCUT2D eigenvalue weighted by molar-refractivity contribution is 7.11. The van der Waals surface area contributed by atoms with E-state index in [1.54, 1.807) is 0 Å². The van der Waals surface area contributed by atoms with Gasteiger partial charge in [0.2, 0.25) is 0 Å². The van der Waals surface area contributed by atoms with E-state index in [9.17, 15) is 0 Å². The lowest BCUT2D eigenvalue weighted by Crippen LogP contribution is -2.18. The zero-order chi connectivity index (χ0) is 9.68. The number of rotatable bonds is 5. The largest absolute Gasteiger partial charge is 0.328 e. The Morgan fingerprint density at radius 2 is 2.23 bits per heavy atom. The van der Waals surface area contributed by atoms with Gasteiger partial charge in [0, 0.05) is 15.8 Å². The Balaban J connectivity index is 2.20. The Morgan fingerprint density at radius 3 is 2.77 bits per heavy atom. The summed E-state index contributed by atoms with van der Waals surface area (Å²) in [7, 11) is 0. The molecule has 1 atom stereocenters. The van der Waals surface area contributed by atoms with E-state index in [-0.39, 0.29) is 0 Å². The van der Waals surface area contributed by atoms with Gasteiger partial charge in [0.25, 0.3) is 0 Å². The standard InChI is InChI=1S/C11H19NS/c1-3-10(12)5-4-6-11-8-7-9(2)13-11/h7-8,10H,3-6,12H2,1-2H3. The quantitative estimate of drug-likeness (QED) is 0.771. The van der Waals surface area contributed by atoms with Gasteiger partial charge in [0.1, 0.15) is 0 Å². The van der Waals surface area contributed by atoms with Gasteiger partial charge in [-0.3, -0.25) is 0 Å². The van der Waals surface area contributed by atoms with Gasteiger partial charge in [-0.1, -0.05) is 6.92 Å². The third-order valence-corrected chi connectivity index (χ3v) is 3.38. The average Bonchev–Trinajstić information content (AvgIpc) is 2.51. The van der Waals surface area contributed by atoms with Crippen molar-refractivity contribution in [3.8, 4) is 0 Å². The lowest BCUT2D eigenvalue weighted by atomic mass is 10.1. The zero-order valence-electron chi connectivity index (χ0n) is 8.55. The molecule has 1 unspecified atom stereocenters. The van der Waals surface area contributed by atoms with Crippen molar-refractivity contribution < 1.29 is 0 Å². The molecule has 0 spiro atoms. The molecular formula is C11H19NS. The van der Waals surface area contributed by atoms with E-state index < -0.39 is 0 Å². The van der Waals surface area contributed by atoms with E-state index in [0.717, 1.165) is 12.8 Å². The molecule has 74 valence electrons. The van der Waals surface area contributed by atoms with Crippen LogP contribution in [0.4, 0.5) is 0 Å². The van der Waals surface area contributed by atoms with Crippen LogP contribution in [-0.4, -0.2) is 6.04 Å². The van der Waals surface area contributed by atoms with E-state index >= 15 is 0 Å². The summed E-state index contributed by atoms with van der Waals surface area (Å²) in [6.07, 6.45) is 4.69. The van der Waals surface area contributed by atoms with Crippen LogP contribution in [0.15, 0.2) is 12.1 Å². The highest BCUT2D eigenvalue weighted by atomic mass is 32.1. The number of nitrogens with two attached hydrogens (primary N) is 1. The van der Waals surface area contributed by atoms with Gasteiger partial charge in [-0.05, 0) is 44.7 Å². The fourth-order valence-electron chi connectivity index (χ4n) is 1.36. The van der Waals surface area contributed by atoms with Gasteiger partial charge < -0.3 is 5.73 Å². The lowest BCUT2D eigenvalue weighted by Gasteiger charge is -2.06. The summed E-state index contributed by atoms with van der Waals surface area (Å²) in [4.78, 5) is 2.91. The van der Waals surface area contributed by atoms with Crippen LogP contribution in [0.25, 0.3) is 0 Å². The van der Waals surface area contributed by atoms with Gasteiger partial charge in [-0.15, -0.1) is 11.3 Å². The normalized spacial score (nSPS) is 13.2.